The van der Waals surface area contributed by atoms with Gasteiger partial charge in [-0.15, -0.1) is 0 Å². The second-order valence-electron chi connectivity index (χ2n) is 6.17. The molecule has 28 heavy (non-hydrogen) atoms. The van der Waals surface area contributed by atoms with Gasteiger partial charge >= 0.3 is 0 Å². The van der Waals surface area contributed by atoms with Crippen LogP contribution in [0.15, 0.2) is 71.6 Å². The van der Waals surface area contributed by atoms with Crippen molar-refractivity contribution >= 4 is 15.7 Å². The molecule has 8 heteroatoms. The highest BCUT2D eigenvalue weighted by Crippen LogP contribution is 2.26. The zero-order chi connectivity index (χ0) is 20.3. The second kappa shape index (κ2) is 8.05. The van der Waals surface area contributed by atoms with Crippen molar-refractivity contribution in [3.8, 4) is 11.1 Å². The Morgan fingerprint density at radius 3 is 2.36 bits per heavy atom. The molecule has 0 aliphatic carbocycles. The first kappa shape index (κ1) is 19.9. The van der Waals surface area contributed by atoms with Crippen LogP contribution < -0.4 is 10.5 Å². The zero-order valence-corrected chi connectivity index (χ0v) is 15.5. The maximum Gasteiger partial charge on any atom is 0.261 e. The van der Waals surface area contributed by atoms with Gasteiger partial charge in [-0.2, -0.15) is 0 Å². The Balaban J connectivity index is 1.85. The van der Waals surface area contributed by atoms with E-state index in [2.05, 4.69) is 4.72 Å². The number of aliphatic hydroxyl groups is 1. The van der Waals surface area contributed by atoms with E-state index in [0.29, 0.717) is 16.8 Å². The summed E-state index contributed by atoms with van der Waals surface area (Å²) in [6, 6.07) is 14.6. The number of hydrogen-bond acceptors (Lipinski definition) is 4. The summed E-state index contributed by atoms with van der Waals surface area (Å²) in [6.07, 6.45) is 0. The van der Waals surface area contributed by atoms with Gasteiger partial charge in [0, 0.05) is 17.3 Å². The molecule has 4 N–H and O–H groups in total. The third-order valence-electron chi connectivity index (χ3n) is 4.17. The fourth-order valence-corrected chi connectivity index (χ4v) is 3.74. The van der Waals surface area contributed by atoms with Crippen molar-refractivity contribution < 1.29 is 22.3 Å². The van der Waals surface area contributed by atoms with Crippen LogP contribution in [0.1, 0.15) is 11.6 Å². The lowest BCUT2D eigenvalue weighted by Gasteiger charge is -2.13. The Kier molecular flexibility index (Phi) is 5.73. The van der Waals surface area contributed by atoms with E-state index in [1.54, 1.807) is 24.3 Å². The maximum absolute atomic E-state index is 13.9. The largest absolute Gasteiger partial charge is 0.394 e. The van der Waals surface area contributed by atoms with E-state index in [1.165, 1.54) is 30.3 Å². The number of hydrogen-bond donors (Lipinski definition) is 3. The molecule has 0 bridgehead atoms. The number of anilines is 1. The molecule has 146 valence electrons. The number of aliphatic hydroxyl groups excluding tert-OH is 1. The van der Waals surface area contributed by atoms with Crippen molar-refractivity contribution in [2.45, 2.75) is 10.9 Å². The molecule has 0 aliphatic heterocycles. The van der Waals surface area contributed by atoms with Crippen molar-refractivity contribution in [3.63, 3.8) is 0 Å². The van der Waals surface area contributed by atoms with Crippen molar-refractivity contribution in [1.29, 1.82) is 0 Å². The first-order valence-corrected chi connectivity index (χ1v) is 9.83. The molecule has 3 rings (SSSR count). The first-order chi connectivity index (χ1) is 13.3. The highest BCUT2D eigenvalue weighted by molar-refractivity contribution is 7.92. The number of halogens is 2. The summed E-state index contributed by atoms with van der Waals surface area (Å²) >= 11 is 0. The first-order valence-electron chi connectivity index (χ1n) is 8.35. The lowest BCUT2D eigenvalue weighted by Crippen LogP contribution is -2.16. The molecule has 0 heterocycles. The smallest absolute Gasteiger partial charge is 0.261 e. The van der Waals surface area contributed by atoms with Gasteiger partial charge in [-0.1, -0.05) is 24.3 Å². The quantitative estimate of drug-likeness (QED) is 0.587. The topological polar surface area (TPSA) is 92.4 Å². The van der Waals surface area contributed by atoms with Gasteiger partial charge in [0.25, 0.3) is 10.0 Å². The molecule has 0 aliphatic rings. The van der Waals surface area contributed by atoms with Crippen molar-refractivity contribution in [2.24, 2.45) is 5.73 Å². The zero-order valence-electron chi connectivity index (χ0n) is 14.6. The van der Waals surface area contributed by atoms with E-state index >= 15 is 0 Å². The normalized spacial score (nSPS) is 12.6. The summed E-state index contributed by atoms with van der Waals surface area (Å²) in [4.78, 5) is -0.0179. The molecule has 3 aromatic rings. The van der Waals surface area contributed by atoms with Crippen LogP contribution in [0.4, 0.5) is 14.5 Å². The van der Waals surface area contributed by atoms with Crippen molar-refractivity contribution in [2.75, 3.05) is 11.3 Å². The van der Waals surface area contributed by atoms with Gasteiger partial charge in [-0.25, -0.2) is 17.2 Å². The van der Waals surface area contributed by atoms with Gasteiger partial charge in [0.15, 0.2) is 0 Å². The fraction of sp³-hybridized carbons (Fsp3) is 0.100. The van der Waals surface area contributed by atoms with Gasteiger partial charge < -0.3 is 10.8 Å². The monoisotopic (exact) mass is 404 g/mol. The Morgan fingerprint density at radius 2 is 1.71 bits per heavy atom. The average molecular weight is 404 g/mol. The van der Waals surface area contributed by atoms with Crippen LogP contribution in [0.5, 0.6) is 0 Å². The molecule has 0 radical (unpaired) electrons. The maximum atomic E-state index is 13.9. The van der Waals surface area contributed by atoms with Crippen LogP contribution in [-0.2, 0) is 10.0 Å². The van der Waals surface area contributed by atoms with Gasteiger partial charge in [-0.05, 0) is 47.5 Å². The molecule has 0 amide bonds. The molecule has 0 fully saturated rings. The summed E-state index contributed by atoms with van der Waals surface area (Å²) in [5.74, 6) is -1.42. The molecule has 0 aromatic heterocycles. The van der Waals surface area contributed by atoms with E-state index < -0.39 is 27.7 Å². The molecule has 0 unspecified atom stereocenters. The van der Waals surface area contributed by atoms with Crippen LogP contribution in [-0.4, -0.2) is 20.1 Å². The highest BCUT2D eigenvalue weighted by atomic mass is 32.2. The van der Waals surface area contributed by atoms with Crippen LogP contribution >= 0.6 is 0 Å². The lowest BCUT2D eigenvalue weighted by molar-refractivity contribution is 0.268. The summed E-state index contributed by atoms with van der Waals surface area (Å²) in [6.45, 7) is -0.266. The summed E-state index contributed by atoms with van der Waals surface area (Å²) < 4.78 is 54.6. The molecule has 0 saturated heterocycles. The molecular formula is C20H18F2N2O3S. The number of sulfonamides is 1. The van der Waals surface area contributed by atoms with Gasteiger partial charge in [0.1, 0.15) is 11.6 Å². The Morgan fingerprint density at radius 1 is 1.00 bits per heavy atom. The number of benzene rings is 3. The Labute approximate surface area is 161 Å². The summed E-state index contributed by atoms with van der Waals surface area (Å²) in [5.41, 5.74) is 7.23. The van der Waals surface area contributed by atoms with E-state index in [4.69, 9.17) is 10.8 Å². The van der Waals surface area contributed by atoms with Crippen LogP contribution in [0.25, 0.3) is 11.1 Å². The number of nitrogens with one attached hydrogen (secondary N) is 1. The van der Waals surface area contributed by atoms with E-state index in [0.717, 1.165) is 12.1 Å². The third-order valence-corrected chi connectivity index (χ3v) is 5.57. The van der Waals surface area contributed by atoms with Crippen molar-refractivity contribution in [1.82, 2.24) is 0 Å². The third kappa shape index (κ3) is 4.36. The lowest BCUT2D eigenvalue weighted by atomic mass is 10.1. The fourth-order valence-electron chi connectivity index (χ4n) is 2.69. The summed E-state index contributed by atoms with van der Waals surface area (Å²) in [5, 5.41) is 9.13. The van der Waals surface area contributed by atoms with E-state index in [1.807, 2.05) is 0 Å². The van der Waals surface area contributed by atoms with Gasteiger partial charge in [0.2, 0.25) is 0 Å². The standard InChI is InChI=1S/C20H18F2N2O3S/c21-15-6-9-18(19(22)11-15)13-4-7-17(8-5-13)28(26,27)24-16-3-1-2-14(10-16)20(23)12-25/h1-11,20,24-25H,12,23H2/t20-/m0/s1. The molecule has 1 atom stereocenters. The van der Waals surface area contributed by atoms with Gasteiger partial charge in [0.05, 0.1) is 17.5 Å². The Hall–Kier alpha value is -2.81. The number of rotatable bonds is 6. The molecule has 0 spiro atoms. The van der Waals surface area contributed by atoms with E-state index in [9.17, 15) is 17.2 Å². The predicted molar refractivity (Wildman–Crippen MR) is 103 cm³/mol. The van der Waals surface area contributed by atoms with E-state index in [-0.39, 0.29) is 17.1 Å². The van der Waals surface area contributed by atoms with Gasteiger partial charge in [-0.3, -0.25) is 4.72 Å². The predicted octanol–water partition coefficient (Wildman–Crippen LogP) is 3.42. The van der Waals surface area contributed by atoms with Crippen LogP contribution in [0.2, 0.25) is 0 Å². The highest BCUT2D eigenvalue weighted by Gasteiger charge is 2.16. The minimum absolute atomic E-state index is 0.0179. The molecule has 5 nitrogen and oxygen atoms in total. The molecule has 3 aromatic carbocycles. The van der Waals surface area contributed by atoms with Crippen LogP contribution in [0.3, 0.4) is 0 Å². The van der Waals surface area contributed by atoms with Crippen molar-refractivity contribution in [3.05, 3.63) is 83.9 Å². The minimum atomic E-state index is -3.89. The second-order valence-corrected chi connectivity index (χ2v) is 7.85. The average Bonchev–Trinajstić information content (AvgIpc) is 2.67. The Bertz CT molecular complexity index is 1090. The molecule has 0 saturated carbocycles. The number of nitrogens with two attached hydrogens (primary N) is 1. The minimum Gasteiger partial charge on any atom is -0.394 e. The van der Waals surface area contributed by atoms with Crippen LogP contribution in [0, 0.1) is 11.6 Å². The molecular weight excluding hydrogens is 386 g/mol. The summed E-state index contributed by atoms with van der Waals surface area (Å²) in [7, 11) is -3.89. The SMILES string of the molecule is N[C@@H](CO)c1cccc(NS(=O)(=O)c2ccc(-c3ccc(F)cc3F)cc2)c1.